The van der Waals surface area contributed by atoms with E-state index in [2.05, 4.69) is 13.0 Å². The third-order valence-corrected chi connectivity index (χ3v) is 7.08. The van der Waals surface area contributed by atoms with Crippen molar-refractivity contribution in [2.75, 3.05) is 0 Å². The summed E-state index contributed by atoms with van der Waals surface area (Å²) in [7, 11) is 0. The first-order chi connectivity index (χ1) is 12.0. The summed E-state index contributed by atoms with van der Waals surface area (Å²) in [4.78, 5) is 24.5. The fourth-order valence-corrected chi connectivity index (χ4v) is 6.12. The Bertz CT molecular complexity index is 725. The van der Waals surface area contributed by atoms with E-state index in [-0.39, 0.29) is 23.4 Å². The number of Topliss-reactive ketones (excluding diaryl/α,β-unsaturated/α-hetero) is 1. The maximum atomic E-state index is 12.9. The number of phenols is 1. The van der Waals surface area contributed by atoms with Crippen LogP contribution < -0.4 is 0 Å². The largest absolute Gasteiger partial charge is 0.508 e. The summed E-state index contributed by atoms with van der Waals surface area (Å²) in [5, 5.41) is 9.79. The van der Waals surface area contributed by atoms with Gasteiger partial charge in [-0.1, -0.05) is 13.0 Å². The number of hydrogen-bond donors (Lipinski definition) is 1. The average Bonchev–Trinajstić information content (AvgIpc) is 2.86. The molecule has 0 bridgehead atoms. The van der Waals surface area contributed by atoms with Gasteiger partial charge in [0, 0.05) is 24.7 Å². The lowest BCUT2D eigenvalue weighted by Gasteiger charge is -2.50. The Balaban J connectivity index is 1.74. The van der Waals surface area contributed by atoms with Gasteiger partial charge in [0.2, 0.25) is 0 Å². The van der Waals surface area contributed by atoms with E-state index in [0.29, 0.717) is 29.8 Å². The van der Waals surface area contributed by atoms with Gasteiger partial charge in [-0.3, -0.25) is 9.59 Å². The second kappa shape index (κ2) is 5.86. The third kappa shape index (κ3) is 2.41. The molecule has 0 radical (unpaired) electrons. The molecular formula is C21H26O4. The molecule has 1 aromatic rings. The summed E-state index contributed by atoms with van der Waals surface area (Å²) >= 11 is 0. The number of hydrogen-bond acceptors (Lipinski definition) is 4. The van der Waals surface area contributed by atoms with Gasteiger partial charge in [0.1, 0.15) is 17.6 Å². The van der Waals surface area contributed by atoms with Crippen LogP contribution in [0.3, 0.4) is 0 Å². The molecule has 0 heterocycles. The minimum atomic E-state index is -0.310. The van der Waals surface area contributed by atoms with Gasteiger partial charge >= 0.3 is 5.97 Å². The van der Waals surface area contributed by atoms with E-state index in [1.54, 1.807) is 6.07 Å². The highest BCUT2D eigenvalue weighted by Gasteiger charge is 2.61. The van der Waals surface area contributed by atoms with E-state index in [9.17, 15) is 14.7 Å². The Morgan fingerprint density at radius 1 is 1.36 bits per heavy atom. The number of ketones is 1. The van der Waals surface area contributed by atoms with Gasteiger partial charge in [-0.25, -0.2) is 0 Å². The summed E-state index contributed by atoms with van der Waals surface area (Å²) in [5.74, 6) is 1.24. The van der Waals surface area contributed by atoms with Crippen LogP contribution in [0, 0.1) is 17.3 Å². The topological polar surface area (TPSA) is 63.6 Å². The molecule has 4 nitrogen and oxygen atoms in total. The molecule has 1 aromatic carbocycles. The predicted octanol–water partition coefficient (Wildman–Crippen LogP) is 3.75. The Kier molecular flexibility index (Phi) is 3.89. The number of benzene rings is 1. The van der Waals surface area contributed by atoms with Crippen molar-refractivity contribution < 1.29 is 19.4 Å². The minimum Gasteiger partial charge on any atom is -0.508 e. The summed E-state index contributed by atoms with van der Waals surface area (Å²) in [6.07, 6.45) is 4.75. The molecule has 0 aromatic heterocycles. The molecule has 3 aliphatic carbocycles. The molecule has 0 unspecified atom stereocenters. The van der Waals surface area contributed by atoms with E-state index in [4.69, 9.17) is 4.74 Å². The highest BCUT2D eigenvalue weighted by atomic mass is 16.5. The second-order valence-corrected chi connectivity index (χ2v) is 8.04. The fourth-order valence-electron chi connectivity index (χ4n) is 6.12. The zero-order valence-corrected chi connectivity index (χ0v) is 15.0. The Hall–Kier alpha value is -1.84. The van der Waals surface area contributed by atoms with Crippen LogP contribution in [0.25, 0.3) is 0 Å². The SMILES string of the molecule is CC[C@]12CC[C@@H]3c4ccc(O)cc4CC[C@H]3[C@@H]1[C@@H](OC(C)=O)CC2=O. The predicted molar refractivity (Wildman–Crippen MR) is 93.3 cm³/mol. The average molecular weight is 342 g/mol. The molecular weight excluding hydrogens is 316 g/mol. The molecule has 4 rings (SSSR count). The smallest absolute Gasteiger partial charge is 0.302 e. The van der Waals surface area contributed by atoms with E-state index in [1.807, 2.05) is 6.07 Å². The van der Waals surface area contributed by atoms with Crippen molar-refractivity contribution in [3.05, 3.63) is 29.3 Å². The molecule has 0 aliphatic heterocycles. The molecule has 0 saturated heterocycles. The number of carbonyl (C=O) groups is 2. The van der Waals surface area contributed by atoms with Gasteiger partial charge in [0.05, 0.1) is 0 Å². The second-order valence-electron chi connectivity index (χ2n) is 8.04. The molecule has 4 heteroatoms. The van der Waals surface area contributed by atoms with Crippen molar-refractivity contribution in [3.8, 4) is 5.75 Å². The zero-order chi connectivity index (χ0) is 17.8. The van der Waals surface area contributed by atoms with E-state index >= 15 is 0 Å². The first-order valence-electron chi connectivity index (χ1n) is 9.48. The lowest BCUT2D eigenvalue weighted by molar-refractivity contribution is -0.152. The maximum absolute atomic E-state index is 12.9. The number of fused-ring (bicyclic) bond motifs is 5. The first-order valence-corrected chi connectivity index (χ1v) is 9.48. The highest BCUT2D eigenvalue weighted by Crippen LogP contribution is 2.61. The quantitative estimate of drug-likeness (QED) is 0.832. The Labute approximate surface area is 148 Å². The molecule has 3 aliphatic rings. The standard InChI is InChI=1S/C21H26O4/c1-3-21-9-8-16-15-7-5-14(23)10-13(15)4-6-17(16)20(21)18(11-19(21)24)25-12(2)22/h5,7,10,16-18,20,23H,3-4,6,8-9,11H2,1-2H3/t16-,17-,18+,20-,21-/m1/s1. The lowest BCUT2D eigenvalue weighted by Crippen LogP contribution is -2.47. The van der Waals surface area contributed by atoms with Gasteiger partial charge in [0.25, 0.3) is 0 Å². The number of aryl methyl sites for hydroxylation is 1. The van der Waals surface area contributed by atoms with E-state index in [0.717, 1.165) is 32.1 Å². The van der Waals surface area contributed by atoms with Crippen molar-refractivity contribution in [2.45, 2.75) is 64.4 Å². The number of esters is 1. The monoisotopic (exact) mass is 342 g/mol. The van der Waals surface area contributed by atoms with E-state index in [1.165, 1.54) is 18.1 Å². The van der Waals surface area contributed by atoms with Crippen molar-refractivity contribution in [2.24, 2.45) is 17.3 Å². The molecule has 0 spiro atoms. The van der Waals surface area contributed by atoms with Crippen molar-refractivity contribution >= 4 is 11.8 Å². The van der Waals surface area contributed by atoms with Crippen LogP contribution in [0.15, 0.2) is 18.2 Å². The number of phenolic OH excluding ortho intramolecular Hbond substituents is 1. The van der Waals surface area contributed by atoms with Crippen LogP contribution in [0.1, 0.15) is 63.0 Å². The van der Waals surface area contributed by atoms with Gasteiger partial charge in [-0.2, -0.15) is 0 Å². The molecule has 0 amide bonds. The van der Waals surface area contributed by atoms with Gasteiger partial charge in [-0.15, -0.1) is 0 Å². The van der Waals surface area contributed by atoms with Gasteiger partial charge in [-0.05, 0) is 67.2 Å². The molecule has 1 N–H and O–H groups in total. The van der Waals surface area contributed by atoms with Crippen LogP contribution in [0.4, 0.5) is 0 Å². The van der Waals surface area contributed by atoms with Crippen molar-refractivity contribution in [1.82, 2.24) is 0 Å². The van der Waals surface area contributed by atoms with Crippen LogP contribution in [-0.4, -0.2) is 23.0 Å². The van der Waals surface area contributed by atoms with E-state index < -0.39 is 0 Å². The summed E-state index contributed by atoms with van der Waals surface area (Å²) in [5.41, 5.74) is 2.24. The Morgan fingerprint density at radius 3 is 2.88 bits per heavy atom. The normalized spacial score (nSPS) is 36.3. The molecule has 25 heavy (non-hydrogen) atoms. The highest BCUT2D eigenvalue weighted by molar-refractivity contribution is 5.89. The molecule has 2 saturated carbocycles. The third-order valence-electron chi connectivity index (χ3n) is 7.08. The number of rotatable bonds is 2. The molecule has 134 valence electrons. The zero-order valence-electron chi connectivity index (χ0n) is 15.0. The number of ether oxygens (including phenoxy) is 1. The maximum Gasteiger partial charge on any atom is 0.302 e. The van der Waals surface area contributed by atoms with Gasteiger partial charge in [0.15, 0.2) is 0 Å². The Morgan fingerprint density at radius 2 is 2.16 bits per heavy atom. The summed E-state index contributed by atoms with van der Waals surface area (Å²) in [6.45, 7) is 3.55. The number of carbonyl (C=O) groups excluding carboxylic acids is 2. The van der Waals surface area contributed by atoms with Crippen LogP contribution in [0.2, 0.25) is 0 Å². The van der Waals surface area contributed by atoms with Crippen LogP contribution >= 0.6 is 0 Å². The summed E-state index contributed by atoms with van der Waals surface area (Å²) in [6, 6.07) is 5.71. The lowest BCUT2D eigenvalue weighted by atomic mass is 9.54. The number of aromatic hydroxyl groups is 1. The van der Waals surface area contributed by atoms with Crippen LogP contribution in [0.5, 0.6) is 5.75 Å². The van der Waals surface area contributed by atoms with Gasteiger partial charge < -0.3 is 9.84 Å². The molecule has 5 atom stereocenters. The first kappa shape index (κ1) is 16.6. The minimum absolute atomic E-state index is 0.134. The van der Waals surface area contributed by atoms with Crippen LogP contribution in [-0.2, 0) is 20.7 Å². The van der Waals surface area contributed by atoms with Crippen molar-refractivity contribution in [3.63, 3.8) is 0 Å². The fraction of sp³-hybridized carbons (Fsp3) is 0.619. The summed E-state index contributed by atoms with van der Waals surface area (Å²) < 4.78 is 5.63. The molecule has 2 fully saturated rings. The van der Waals surface area contributed by atoms with Crippen molar-refractivity contribution in [1.29, 1.82) is 0 Å².